The van der Waals surface area contributed by atoms with Gasteiger partial charge in [-0.15, -0.1) is 0 Å². The largest absolute Gasteiger partial charge is 0.496 e. The Kier molecular flexibility index (Phi) is 9.21. The lowest BCUT2D eigenvalue weighted by Crippen LogP contribution is -2.46. The number of nitrogens with zero attached hydrogens (tertiary/aromatic N) is 1. The van der Waals surface area contributed by atoms with Crippen LogP contribution < -0.4 is 9.47 Å². The van der Waals surface area contributed by atoms with Crippen LogP contribution in [-0.2, 0) is 22.7 Å². The van der Waals surface area contributed by atoms with E-state index >= 15 is 0 Å². The average Bonchev–Trinajstić information content (AvgIpc) is 3.48. The van der Waals surface area contributed by atoms with Crippen LogP contribution in [-0.4, -0.2) is 60.6 Å². The Morgan fingerprint density at radius 3 is 2.62 bits per heavy atom. The second kappa shape index (κ2) is 13.4. The maximum absolute atomic E-state index is 11.7. The third-order valence-electron chi connectivity index (χ3n) is 7.43. The van der Waals surface area contributed by atoms with Crippen molar-refractivity contribution in [3.8, 4) is 11.5 Å². The summed E-state index contributed by atoms with van der Waals surface area (Å²) in [5.41, 5.74) is 4.30. The number of aromatic nitrogens is 1. The van der Waals surface area contributed by atoms with Gasteiger partial charge >= 0.3 is 6.09 Å². The van der Waals surface area contributed by atoms with Crippen molar-refractivity contribution in [3.63, 3.8) is 0 Å². The number of piperidine rings is 1. The maximum Gasteiger partial charge on any atom is 0.407 e. The summed E-state index contributed by atoms with van der Waals surface area (Å²) in [5, 5.41) is 10.7. The molecule has 4 aromatic rings. The molecular formula is C32H36N2O6. The van der Waals surface area contributed by atoms with Crippen molar-refractivity contribution in [2.45, 2.75) is 38.1 Å². The first-order valence-electron chi connectivity index (χ1n) is 13.7. The summed E-state index contributed by atoms with van der Waals surface area (Å²) in [6.45, 7) is 2.90. The van der Waals surface area contributed by atoms with Gasteiger partial charge in [0.25, 0.3) is 0 Å². The molecule has 0 saturated carbocycles. The molecule has 1 aliphatic heterocycles. The van der Waals surface area contributed by atoms with Gasteiger partial charge in [-0.2, -0.15) is 0 Å². The Hall–Kier alpha value is -4.01. The highest BCUT2D eigenvalue weighted by Crippen LogP contribution is 2.33. The number of hydrogen-bond donors (Lipinski definition) is 2. The average molecular weight is 545 g/mol. The van der Waals surface area contributed by atoms with Gasteiger partial charge in [0.15, 0.2) is 0 Å². The fourth-order valence-corrected chi connectivity index (χ4v) is 5.28. The summed E-state index contributed by atoms with van der Waals surface area (Å²) in [4.78, 5) is 16.4. The van der Waals surface area contributed by atoms with Gasteiger partial charge in [-0.05, 0) is 47.9 Å². The first-order valence-corrected chi connectivity index (χ1v) is 13.7. The van der Waals surface area contributed by atoms with Crippen molar-refractivity contribution in [1.82, 2.24) is 9.88 Å². The van der Waals surface area contributed by atoms with Crippen LogP contribution >= 0.6 is 0 Å². The zero-order chi connectivity index (χ0) is 27.7. The maximum atomic E-state index is 11.7. The lowest BCUT2D eigenvalue weighted by Gasteiger charge is -2.37. The van der Waals surface area contributed by atoms with Gasteiger partial charge in [-0.1, -0.05) is 42.5 Å². The number of fused-ring (bicyclic) bond motifs is 1. The number of amides is 1. The highest BCUT2D eigenvalue weighted by Gasteiger charge is 2.33. The Bertz CT molecular complexity index is 1390. The summed E-state index contributed by atoms with van der Waals surface area (Å²) in [6, 6.07) is 24.1. The molecular weight excluding hydrogens is 508 g/mol. The van der Waals surface area contributed by atoms with E-state index < -0.39 is 6.09 Å². The summed E-state index contributed by atoms with van der Waals surface area (Å²) in [5.74, 6) is 1.73. The van der Waals surface area contributed by atoms with Gasteiger partial charge in [0, 0.05) is 41.5 Å². The van der Waals surface area contributed by atoms with Crippen LogP contribution in [0.4, 0.5) is 4.79 Å². The molecule has 0 aliphatic carbocycles. The predicted molar refractivity (Wildman–Crippen MR) is 153 cm³/mol. The number of rotatable bonds is 12. The van der Waals surface area contributed by atoms with E-state index in [1.54, 1.807) is 7.11 Å². The van der Waals surface area contributed by atoms with E-state index in [0.29, 0.717) is 45.9 Å². The number of para-hydroxylation sites is 1. The Morgan fingerprint density at radius 2 is 1.80 bits per heavy atom. The molecule has 2 heterocycles. The van der Waals surface area contributed by atoms with E-state index in [0.717, 1.165) is 45.5 Å². The third kappa shape index (κ3) is 6.76. The van der Waals surface area contributed by atoms with Gasteiger partial charge in [0.05, 0.1) is 46.2 Å². The summed E-state index contributed by atoms with van der Waals surface area (Å²) >= 11 is 0. The van der Waals surface area contributed by atoms with Crippen molar-refractivity contribution in [3.05, 3.63) is 95.7 Å². The lowest BCUT2D eigenvalue weighted by atomic mass is 9.87. The number of methoxy groups -OCH3 is 1. The Balaban J connectivity index is 1.13. The molecule has 210 valence electrons. The number of ether oxygens (including phenoxy) is 4. The molecule has 1 aliphatic rings. The summed E-state index contributed by atoms with van der Waals surface area (Å²) in [6.07, 6.45) is 2.24. The van der Waals surface area contributed by atoms with E-state index in [1.165, 1.54) is 4.90 Å². The van der Waals surface area contributed by atoms with Crippen LogP contribution in [0.25, 0.3) is 10.9 Å². The number of carbonyl (C=O) groups is 1. The van der Waals surface area contributed by atoms with Crippen LogP contribution in [0.2, 0.25) is 0 Å². The molecule has 2 atom stereocenters. The molecule has 0 bridgehead atoms. The molecule has 40 heavy (non-hydrogen) atoms. The van der Waals surface area contributed by atoms with Gasteiger partial charge in [0.1, 0.15) is 11.5 Å². The van der Waals surface area contributed by atoms with Crippen LogP contribution in [0.5, 0.6) is 11.5 Å². The molecule has 8 nitrogen and oxygen atoms in total. The number of benzene rings is 3. The van der Waals surface area contributed by atoms with Crippen LogP contribution in [0.1, 0.15) is 35.4 Å². The van der Waals surface area contributed by atoms with Crippen LogP contribution in [0.3, 0.4) is 0 Å². The fraction of sp³-hybridized carbons (Fsp3) is 0.344. The second-order valence-corrected chi connectivity index (χ2v) is 9.96. The molecule has 1 amide bonds. The minimum atomic E-state index is -0.907. The minimum absolute atomic E-state index is 0.0958. The van der Waals surface area contributed by atoms with Gasteiger partial charge in [-0.3, -0.25) is 0 Å². The zero-order valence-electron chi connectivity index (χ0n) is 22.8. The molecule has 0 radical (unpaired) electrons. The minimum Gasteiger partial charge on any atom is -0.496 e. The molecule has 0 spiro atoms. The van der Waals surface area contributed by atoms with Crippen molar-refractivity contribution < 1.29 is 28.8 Å². The van der Waals surface area contributed by atoms with E-state index in [9.17, 15) is 9.90 Å². The smallest absolute Gasteiger partial charge is 0.407 e. The molecule has 1 fully saturated rings. The quantitative estimate of drug-likeness (QED) is 0.206. The van der Waals surface area contributed by atoms with Crippen molar-refractivity contribution in [1.29, 1.82) is 0 Å². The van der Waals surface area contributed by atoms with Crippen molar-refractivity contribution >= 4 is 17.0 Å². The van der Waals surface area contributed by atoms with Crippen LogP contribution in [0, 0.1) is 0 Å². The van der Waals surface area contributed by atoms with Crippen molar-refractivity contribution in [2.75, 3.05) is 33.4 Å². The van der Waals surface area contributed by atoms with Gasteiger partial charge in [0.2, 0.25) is 0 Å². The number of aromatic amines is 1. The second-order valence-electron chi connectivity index (χ2n) is 9.96. The van der Waals surface area contributed by atoms with E-state index in [-0.39, 0.29) is 12.0 Å². The number of likely N-dealkylation sites (tertiary alicyclic amines) is 1. The third-order valence-corrected chi connectivity index (χ3v) is 7.43. The molecule has 3 aromatic carbocycles. The van der Waals surface area contributed by atoms with E-state index in [4.69, 9.17) is 18.9 Å². The first kappa shape index (κ1) is 27.6. The monoisotopic (exact) mass is 544 g/mol. The van der Waals surface area contributed by atoms with E-state index in [1.807, 2.05) is 60.8 Å². The van der Waals surface area contributed by atoms with E-state index in [2.05, 4.69) is 23.2 Å². The fourth-order valence-electron chi connectivity index (χ4n) is 5.28. The Labute approximate surface area is 234 Å². The van der Waals surface area contributed by atoms with Crippen molar-refractivity contribution in [2.24, 2.45) is 0 Å². The Morgan fingerprint density at radius 1 is 0.975 bits per heavy atom. The molecule has 2 N–H and O–H groups in total. The number of hydrogen-bond acceptors (Lipinski definition) is 5. The lowest BCUT2D eigenvalue weighted by molar-refractivity contribution is -0.0195. The molecule has 1 aromatic heterocycles. The normalized spacial score (nSPS) is 17.2. The predicted octanol–water partition coefficient (Wildman–Crippen LogP) is 6.21. The summed E-state index contributed by atoms with van der Waals surface area (Å²) in [7, 11) is 1.66. The molecule has 2 unspecified atom stereocenters. The first-order chi connectivity index (χ1) is 19.6. The SMILES string of the molecule is COc1ccccc1COCCCOc1ccc(C2CCN(C(=O)O)CC2OCc2cccc3[nH]ccc23)cc1. The van der Waals surface area contributed by atoms with Gasteiger partial charge < -0.3 is 33.9 Å². The zero-order valence-corrected chi connectivity index (χ0v) is 22.8. The standard InChI is InChI=1S/C32H36N2O6/c1-37-30-9-3-2-6-25(30)21-38-18-5-19-39-26-12-10-23(11-13-26)28-15-17-34(32(35)36)20-31(28)40-22-24-7-4-8-29-27(24)14-16-33-29/h2-4,6-14,16,28,31,33H,5,15,17-22H2,1H3,(H,35,36). The molecule has 5 rings (SSSR count). The summed E-state index contributed by atoms with van der Waals surface area (Å²) < 4.78 is 23.5. The highest BCUT2D eigenvalue weighted by atomic mass is 16.5. The number of nitrogens with one attached hydrogen (secondary N) is 1. The van der Waals surface area contributed by atoms with Crippen LogP contribution in [0.15, 0.2) is 79.0 Å². The molecule has 8 heteroatoms. The van der Waals surface area contributed by atoms with Gasteiger partial charge in [-0.25, -0.2) is 4.79 Å². The number of carboxylic acid groups (broad SMARTS) is 1. The topological polar surface area (TPSA) is 93.2 Å². The number of H-pyrrole nitrogens is 1. The molecule has 1 saturated heterocycles. The highest BCUT2D eigenvalue weighted by molar-refractivity contribution is 5.82.